The third-order valence-electron chi connectivity index (χ3n) is 2.69. The molecule has 76 valence electrons. The SMILES string of the molecule is CC(C)=CCN1CCNCC1(C)C. The van der Waals surface area contributed by atoms with Gasteiger partial charge in [-0.05, 0) is 27.7 Å². The summed E-state index contributed by atoms with van der Waals surface area (Å²) in [6, 6.07) is 0. The predicted octanol–water partition coefficient (Wildman–Crippen LogP) is 1.64. The van der Waals surface area contributed by atoms with Gasteiger partial charge in [0.2, 0.25) is 0 Å². The lowest BCUT2D eigenvalue weighted by Crippen LogP contribution is -2.57. The molecule has 0 radical (unpaired) electrons. The number of nitrogens with zero attached hydrogens (tertiary/aromatic N) is 1. The van der Waals surface area contributed by atoms with E-state index in [0.29, 0.717) is 5.54 Å². The third-order valence-corrected chi connectivity index (χ3v) is 2.69. The first-order chi connectivity index (χ1) is 6.02. The van der Waals surface area contributed by atoms with Gasteiger partial charge in [0.25, 0.3) is 0 Å². The summed E-state index contributed by atoms with van der Waals surface area (Å²) in [7, 11) is 0. The molecule has 0 amide bonds. The van der Waals surface area contributed by atoms with Crippen molar-refractivity contribution < 1.29 is 0 Å². The summed E-state index contributed by atoms with van der Waals surface area (Å²) >= 11 is 0. The van der Waals surface area contributed by atoms with Gasteiger partial charge in [-0.1, -0.05) is 11.6 Å². The maximum absolute atomic E-state index is 3.43. The fourth-order valence-corrected chi connectivity index (χ4v) is 1.65. The molecule has 0 aromatic rings. The average molecular weight is 182 g/mol. The number of piperazine rings is 1. The van der Waals surface area contributed by atoms with Crippen LogP contribution in [0.4, 0.5) is 0 Å². The first-order valence-corrected chi connectivity index (χ1v) is 5.11. The number of rotatable bonds is 2. The van der Waals surface area contributed by atoms with Gasteiger partial charge in [0, 0.05) is 31.7 Å². The Morgan fingerprint density at radius 2 is 2.15 bits per heavy atom. The van der Waals surface area contributed by atoms with Crippen molar-refractivity contribution in [2.45, 2.75) is 33.2 Å². The topological polar surface area (TPSA) is 15.3 Å². The molecule has 2 heteroatoms. The minimum Gasteiger partial charge on any atom is -0.314 e. The standard InChI is InChI=1S/C11H22N2/c1-10(2)5-7-13-8-6-12-9-11(13,3)4/h5,12H,6-9H2,1-4H3. The minimum absolute atomic E-state index is 0.310. The Kier molecular flexibility index (Phi) is 3.51. The van der Waals surface area contributed by atoms with Crippen LogP contribution < -0.4 is 5.32 Å². The highest BCUT2D eigenvalue weighted by Crippen LogP contribution is 2.15. The zero-order valence-corrected chi connectivity index (χ0v) is 9.35. The molecule has 0 aromatic carbocycles. The summed E-state index contributed by atoms with van der Waals surface area (Å²) in [5, 5.41) is 3.43. The van der Waals surface area contributed by atoms with Crippen molar-refractivity contribution >= 4 is 0 Å². The lowest BCUT2D eigenvalue weighted by Gasteiger charge is -2.42. The molecule has 0 aliphatic carbocycles. The van der Waals surface area contributed by atoms with E-state index < -0.39 is 0 Å². The zero-order valence-electron chi connectivity index (χ0n) is 9.35. The highest BCUT2D eigenvalue weighted by molar-refractivity contribution is 4.98. The molecule has 2 nitrogen and oxygen atoms in total. The van der Waals surface area contributed by atoms with Crippen molar-refractivity contribution in [3.05, 3.63) is 11.6 Å². The molecule has 0 saturated carbocycles. The fourth-order valence-electron chi connectivity index (χ4n) is 1.65. The third kappa shape index (κ3) is 3.12. The molecular weight excluding hydrogens is 160 g/mol. The van der Waals surface area contributed by atoms with Crippen molar-refractivity contribution in [3.8, 4) is 0 Å². The Morgan fingerprint density at radius 1 is 1.46 bits per heavy atom. The van der Waals surface area contributed by atoms with E-state index in [0.717, 1.165) is 26.2 Å². The van der Waals surface area contributed by atoms with Crippen LogP contribution in [0.2, 0.25) is 0 Å². The Bertz CT molecular complexity index is 190. The summed E-state index contributed by atoms with van der Waals surface area (Å²) in [5.74, 6) is 0. The van der Waals surface area contributed by atoms with E-state index in [4.69, 9.17) is 0 Å². The predicted molar refractivity (Wildman–Crippen MR) is 58.0 cm³/mol. The molecule has 1 aliphatic rings. The second kappa shape index (κ2) is 4.25. The lowest BCUT2D eigenvalue weighted by atomic mass is 10.0. The fraction of sp³-hybridized carbons (Fsp3) is 0.818. The van der Waals surface area contributed by atoms with E-state index >= 15 is 0 Å². The largest absolute Gasteiger partial charge is 0.314 e. The van der Waals surface area contributed by atoms with Gasteiger partial charge in [-0.15, -0.1) is 0 Å². The quantitative estimate of drug-likeness (QED) is 0.653. The van der Waals surface area contributed by atoms with Crippen molar-refractivity contribution in [2.24, 2.45) is 0 Å². The van der Waals surface area contributed by atoms with Gasteiger partial charge < -0.3 is 5.32 Å². The minimum atomic E-state index is 0.310. The number of hydrogen-bond acceptors (Lipinski definition) is 2. The van der Waals surface area contributed by atoms with Crippen LogP contribution in [0.3, 0.4) is 0 Å². The smallest absolute Gasteiger partial charge is 0.0281 e. The van der Waals surface area contributed by atoms with Crippen LogP contribution in [0.1, 0.15) is 27.7 Å². The molecule has 0 bridgehead atoms. The lowest BCUT2D eigenvalue weighted by molar-refractivity contribution is 0.105. The second-order valence-electron chi connectivity index (χ2n) is 4.72. The molecule has 1 heterocycles. The van der Waals surface area contributed by atoms with Gasteiger partial charge in [0.05, 0.1) is 0 Å². The molecule has 1 saturated heterocycles. The Balaban J connectivity index is 2.51. The average Bonchev–Trinajstić information content (AvgIpc) is 2.01. The molecule has 0 aromatic heterocycles. The van der Waals surface area contributed by atoms with Crippen LogP contribution in [-0.4, -0.2) is 36.6 Å². The van der Waals surface area contributed by atoms with Crippen LogP contribution in [0.15, 0.2) is 11.6 Å². The first-order valence-electron chi connectivity index (χ1n) is 5.11. The molecule has 1 fully saturated rings. The van der Waals surface area contributed by atoms with Gasteiger partial charge in [-0.25, -0.2) is 0 Å². The van der Waals surface area contributed by atoms with Crippen molar-refractivity contribution in [3.63, 3.8) is 0 Å². The van der Waals surface area contributed by atoms with Crippen molar-refractivity contribution in [2.75, 3.05) is 26.2 Å². The summed E-state index contributed by atoms with van der Waals surface area (Å²) in [6.45, 7) is 13.4. The van der Waals surface area contributed by atoms with Crippen LogP contribution in [0.25, 0.3) is 0 Å². The van der Waals surface area contributed by atoms with Gasteiger partial charge >= 0.3 is 0 Å². The molecule has 0 unspecified atom stereocenters. The highest BCUT2D eigenvalue weighted by Gasteiger charge is 2.28. The number of allylic oxidation sites excluding steroid dienone is 1. The summed E-state index contributed by atoms with van der Waals surface area (Å²) in [5.41, 5.74) is 1.72. The van der Waals surface area contributed by atoms with Crippen LogP contribution in [0, 0.1) is 0 Å². The number of hydrogen-bond donors (Lipinski definition) is 1. The zero-order chi connectivity index (χ0) is 9.90. The van der Waals surface area contributed by atoms with E-state index in [1.807, 2.05) is 0 Å². The maximum atomic E-state index is 3.43. The highest BCUT2D eigenvalue weighted by atomic mass is 15.2. The van der Waals surface area contributed by atoms with Crippen LogP contribution in [-0.2, 0) is 0 Å². The van der Waals surface area contributed by atoms with E-state index in [1.54, 1.807) is 0 Å². The Labute approximate surface area is 82.0 Å². The normalized spacial score (nSPS) is 22.8. The van der Waals surface area contributed by atoms with Gasteiger partial charge in [-0.3, -0.25) is 4.90 Å². The van der Waals surface area contributed by atoms with Crippen LogP contribution in [0.5, 0.6) is 0 Å². The monoisotopic (exact) mass is 182 g/mol. The Morgan fingerprint density at radius 3 is 2.69 bits per heavy atom. The maximum Gasteiger partial charge on any atom is 0.0281 e. The summed E-state index contributed by atoms with van der Waals surface area (Å²) in [6.07, 6.45) is 2.31. The van der Waals surface area contributed by atoms with Gasteiger partial charge in [0.1, 0.15) is 0 Å². The molecule has 1 N–H and O–H groups in total. The molecule has 1 aliphatic heterocycles. The van der Waals surface area contributed by atoms with E-state index in [-0.39, 0.29) is 0 Å². The summed E-state index contributed by atoms with van der Waals surface area (Å²) < 4.78 is 0. The Hall–Kier alpha value is -0.340. The van der Waals surface area contributed by atoms with Gasteiger partial charge in [-0.2, -0.15) is 0 Å². The van der Waals surface area contributed by atoms with E-state index in [2.05, 4.69) is 44.0 Å². The van der Waals surface area contributed by atoms with Gasteiger partial charge in [0.15, 0.2) is 0 Å². The van der Waals surface area contributed by atoms with Crippen molar-refractivity contribution in [1.82, 2.24) is 10.2 Å². The molecule has 0 atom stereocenters. The first kappa shape index (κ1) is 10.7. The van der Waals surface area contributed by atoms with Crippen molar-refractivity contribution in [1.29, 1.82) is 0 Å². The second-order valence-corrected chi connectivity index (χ2v) is 4.72. The molecule has 13 heavy (non-hydrogen) atoms. The molecule has 1 rings (SSSR count). The molecule has 0 spiro atoms. The summed E-state index contributed by atoms with van der Waals surface area (Å²) in [4.78, 5) is 2.54. The molecular formula is C11H22N2. The number of nitrogens with one attached hydrogen (secondary N) is 1. The van der Waals surface area contributed by atoms with E-state index in [1.165, 1.54) is 5.57 Å². The van der Waals surface area contributed by atoms with E-state index in [9.17, 15) is 0 Å². The van der Waals surface area contributed by atoms with Crippen LogP contribution >= 0.6 is 0 Å².